The van der Waals surface area contributed by atoms with Crippen LogP contribution in [0.25, 0.3) is 0 Å². The highest BCUT2D eigenvalue weighted by Gasteiger charge is 2.19. The van der Waals surface area contributed by atoms with Crippen molar-refractivity contribution in [2.24, 2.45) is 0 Å². The van der Waals surface area contributed by atoms with Crippen LogP contribution in [0.5, 0.6) is 0 Å². The average Bonchev–Trinajstić information content (AvgIpc) is 2.62. The Hall–Kier alpha value is -2.40. The summed E-state index contributed by atoms with van der Waals surface area (Å²) < 4.78 is 4.99. The molecule has 0 aromatic heterocycles. The molecule has 4 nitrogen and oxygen atoms in total. The second kappa shape index (κ2) is 7.45. The monoisotopic (exact) mass is 340 g/mol. The average molecular weight is 340 g/mol. The van der Waals surface area contributed by atoms with Gasteiger partial charge in [-0.05, 0) is 67.9 Å². The van der Waals surface area contributed by atoms with Crippen LogP contribution < -0.4 is 10.2 Å². The molecule has 124 valence electrons. The number of para-hydroxylation sites is 1. The van der Waals surface area contributed by atoms with Gasteiger partial charge in [-0.25, -0.2) is 4.79 Å². The minimum Gasteiger partial charge on any atom is -0.462 e. The summed E-state index contributed by atoms with van der Waals surface area (Å²) in [6, 6.07) is 15.5. The van der Waals surface area contributed by atoms with Gasteiger partial charge in [-0.3, -0.25) is 0 Å². The number of carbonyl (C=O) groups is 1. The number of fused-ring (bicyclic) bond motifs is 1. The Morgan fingerprint density at radius 2 is 1.96 bits per heavy atom. The number of hydrogen-bond acceptors (Lipinski definition) is 3. The zero-order valence-corrected chi connectivity index (χ0v) is 14.4. The number of hydrogen-bond donors (Lipinski definition) is 1. The van der Waals surface area contributed by atoms with Crippen LogP contribution in [0.2, 0.25) is 0 Å². The Morgan fingerprint density at radius 1 is 1.21 bits per heavy atom. The Kier molecular flexibility index (Phi) is 5.11. The predicted octanol–water partition coefficient (Wildman–Crippen LogP) is 4.01. The summed E-state index contributed by atoms with van der Waals surface area (Å²) in [4.78, 5) is 13.8. The minimum absolute atomic E-state index is 0.309. The zero-order chi connectivity index (χ0) is 16.9. The van der Waals surface area contributed by atoms with E-state index in [1.165, 1.54) is 11.3 Å². The summed E-state index contributed by atoms with van der Waals surface area (Å²) >= 11 is 5.58. The van der Waals surface area contributed by atoms with Gasteiger partial charge in [-0.2, -0.15) is 0 Å². The van der Waals surface area contributed by atoms with E-state index in [0.29, 0.717) is 17.3 Å². The molecule has 1 aliphatic heterocycles. The van der Waals surface area contributed by atoms with Crippen LogP contribution in [0, 0.1) is 0 Å². The fourth-order valence-corrected chi connectivity index (χ4v) is 3.15. The molecule has 0 bridgehead atoms. The van der Waals surface area contributed by atoms with E-state index >= 15 is 0 Å². The lowest BCUT2D eigenvalue weighted by Crippen LogP contribution is -2.38. The molecule has 3 rings (SSSR count). The first-order valence-corrected chi connectivity index (χ1v) is 8.53. The summed E-state index contributed by atoms with van der Waals surface area (Å²) in [5, 5.41) is 3.93. The minimum atomic E-state index is -0.309. The Labute approximate surface area is 147 Å². The maximum Gasteiger partial charge on any atom is 0.338 e. The molecule has 0 unspecified atom stereocenters. The van der Waals surface area contributed by atoms with E-state index in [1.54, 1.807) is 19.1 Å². The summed E-state index contributed by atoms with van der Waals surface area (Å²) in [6.45, 7) is 3.07. The number of carbonyl (C=O) groups excluding carboxylic acids is 1. The second-order valence-electron chi connectivity index (χ2n) is 5.61. The first kappa shape index (κ1) is 16.5. The van der Waals surface area contributed by atoms with Gasteiger partial charge >= 0.3 is 5.97 Å². The van der Waals surface area contributed by atoms with Crippen LogP contribution in [0.3, 0.4) is 0 Å². The molecule has 1 aliphatic rings. The molecule has 0 saturated heterocycles. The highest BCUT2D eigenvalue weighted by Crippen LogP contribution is 2.27. The lowest BCUT2D eigenvalue weighted by atomic mass is 10.0. The van der Waals surface area contributed by atoms with Crippen molar-refractivity contribution in [3.8, 4) is 0 Å². The van der Waals surface area contributed by atoms with Crippen molar-refractivity contribution in [3.05, 3.63) is 59.7 Å². The molecule has 2 aromatic rings. The van der Waals surface area contributed by atoms with Crippen molar-refractivity contribution >= 4 is 34.7 Å². The highest BCUT2D eigenvalue weighted by molar-refractivity contribution is 7.80. The number of anilines is 2. The molecular weight excluding hydrogens is 320 g/mol. The molecule has 5 heteroatoms. The zero-order valence-electron chi connectivity index (χ0n) is 13.6. The van der Waals surface area contributed by atoms with E-state index in [-0.39, 0.29) is 5.97 Å². The normalized spacial score (nSPS) is 13.1. The molecule has 0 spiro atoms. The van der Waals surface area contributed by atoms with Gasteiger partial charge in [-0.1, -0.05) is 18.2 Å². The number of nitrogens with zero attached hydrogens (tertiary/aromatic N) is 1. The fraction of sp³-hybridized carbons (Fsp3) is 0.263. The third-order valence-electron chi connectivity index (χ3n) is 4.00. The molecule has 1 heterocycles. The summed E-state index contributed by atoms with van der Waals surface area (Å²) in [6.07, 6.45) is 2.17. The van der Waals surface area contributed by atoms with Crippen molar-refractivity contribution in [2.75, 3.05) is 23.4 Å². The maximum absolute atomic E-state index is 11.7. The Morgan fingerprint density at radius 3 is 2.71 bits per heavy atom. The molecule has 0 atom stereocenters. The van der Waals surface area contributed by atoms with Crippen molar-refractivity contribution < 1.29 is 9.53 Å². The third kappa shape index (κ3) is 3.57. The van der Waals surface area contributed by atoms with E-state index in [2.05, 4.69) is 28.4 Å². The van der Waals surface area contributed by atoms with E-state index in [0.717, 1.165) is 25.1 Å². The van der Waals surface area contributed by atoms with E-state index in [1.807, 2.05) is 18.2 Å². The van der Waals surface area contributed by atoms with Crippen molar-refractivity contribution in [1.29, 1.82) is 0 Å². The molecule has 0 saturated carbocycles. The molecule has 24 heavy (non-hydrogen) atoms. The van der Waals surface area contributed by atoms with Gasteiger partial charge in [0.2, 0.25) is 0 Å². The SMILES string of the molecule is CCOC(=O)c1ccc(NC(=S)N2CCCc3ccccc32)cc1. The fourth-order valence-electron chi connectivity index (χ4n) is 2.84. The maximum atomic E-state index is 11.7. The largest absolute Gasteiger partial charge is 0.462 e. The summed E-state index contributed by atoms with van der Waals surface area (Å²) in [7, 11) is 0. The first-order chi connectivity index (χ1) is 11.7. The molecule has 2 aromatic carbocycles. The van der Waals surface area contributed by atoms with E-state index in [4.69, 9.17) is 17.0 Å². The van der Waals surface area contributed by atoms with Gasteiger partial charge in [0.25, 0.3) is 0 Å². The summed E-state index contributed by atoms with van der Waals surface area (Å²) in [5.74, 6) is -0.309. The number of esters is 1. The van der Waals surface area contributed by atoms with Gasteiger partial charge in [0.1, 0.15) is 0 Å². The second-order valence-corrected chi connectivity index (χ2v) is 6.00. The van der Waals surface area contributed by atoms with E-state index in [9.17, 15) is 4.79 Å². The van der Waals surface area contributed by atoms with Gasteiger partial charge < -0.3 is 15.0 Å². The highest BCUT2D eigenvalue weighted by atomic mass is 32.1. The number of nitrogens with one attached hydrogen (secondary N) is 1. The van der Waals surface area contributed by atoms with Crippen LogP contribution in [0.4, 0.5) is 11.4 Å². The van der Waals surface area contributed by atoms with Crippen LogP contribution in [0.15, 0.2) is 48.5 Å². The lowest BCUT2D eigenvalue weighted by Gasteiger charge is -2.31. The topological polar surface area (TPSA) is 41.6 Å². The Bertz CT molecular complexity index is 743. The number of benzene rings is 2. The molecule has 0 aliphatic carbocycles. The third-order valence-corrected chi connectivity index (χ3v) is 4.33. The number of thiocarbonyl (C=S) groups is 1. The van der Waals surface area contributed by atoms with Gasteiger partial charge in [0.05, 0.1) is 12.2 Å². The van der Waals surface area contributed by atoms with Crippen molar-refractivity contribution in [3.63, 3.8) is 0 Å². The molecular formula is C19H20N2O2S. The van der Waals surface area contributed by atoms with Crippen LogP contribution >= 0.6 is 12.2 Å². The molecule has 0 fully saturated rings. The van der Waals surface area contributed by atoms with Crippen LogP contribution in [0.1, 0.15) is 29.3 Å². The number of aryl methyl sites for hydroxylation is 1. The van der Waals surface area contributed by atoms with Crippen LogP contribution in [-0.2, 0) is 11.2 Å². The standard InChI is InChI=1S/C19H20N2O2S/c1-2-23-18(22)15-9-11-16(12-10-15)20-19(24)21-13-5-7-14-6-3-4-8-17(14)21/h3-4,6,8-12H,2,5,7,13H2,1H3,(H,20,24). The molecule has 0 amide bonds. The van der Waals surface area contributed by atoms with Crippen molar-refractivity contribution in [2.45, 2.75) is 19.8 Å². The summed E-state index contributed by atoms with van der Waals surface area (Å²) in [5.41, 5.74) is 3.89. The first-order valence-electron chi connectivity index (χ1n) is 8.12. The van der Waals surface area contributed by atoms with E-state index < -0.39 is 0 Å². The van der Waals surface area contributed by atoms with Gasteiger partial charge in [-0.15, -0.1) is 0 Å². The van der Waals surface area contributed by atoms with Crippen molar-refractivity contribution in [1.82, 2.24) is 0 Å². The smallest absolute Gasteiger partial charge is 0.338 e. The van der Waals surface area contributed by atoms with Gasteiger partial charge in [0, 0.05) is 17.9 Å². The Balaban J connectivity index is 1.71. The molecule has 0 radical (unpaired) electrons. The number of ether oxygens (including phenoxy) is 1. The lowest BCUT2D eigenvalue weighted by molar-refractivity contribution is 0.0526. The van der Waals surface area contributed by atoms with Gasteiger partial charge in [0.15, 0.2) is 5.11 Å². The number of rotatable bonds is 3. The quantitative estimate of drug-likeness (QED) is 0.675. The van der Waals surface area contributed by atoms with Crippen LogP contribution in [-0.4, -0.2) is 24.2 Å². The predicted molar refractivity (Wildman–Crippen MR) is 101 cm³/mol. The molecule has 1 N–H and O–H groups in total.